The van der Waals surface area contributed by atoms with Crippen LogP contribution in [0.25, 0.3) is 0 Å². The highest BCUT2D eigenvalue weighted by Crippen LogP contribution is 2.32. The average molecular weight is 614 g/mol. The number of hydrogen-bond donors (Lipinski definition) is 6. The maximum absolute atomic E-state index is 14.0. The number of alkyl halides is 3. The molecule has 2 unspecified atom stereocenters. The van der Waals surface area contributed by atoms with Crippen LogP contribution in [-0.4, -0.2) is 54.2 Å². The highest BCUT2D eigenvalue weighted by atomic mass is 19.4. The number of halogens is 3. The topological polar surface area (TPSA) is 161 Å². The maximum Gasteiger partial charge on any atom is 0.416 e. The molecule has 0 radical (unpaired) electrons. The number of likely N-dealkylation sites (tertiary alicyclic amines) is 1. The van der Waals surface area contributed by atoms with E-state index in [9.17, 15) is 22.8 Å². The van der Waals surface area contributed by atoms with Gasteiger partial charge in [-0.05, 0) is 67.2 Å². The van der Waals surface area contributed by atoms with Crippen molar-refractivity contribution in [3.8, 4) is 0 Å². The molecule has 2 amide bonds. The monoisotopic (exact) mass is 613 g/mol. The van der Waals surface area contributed by atoms with Crippen LogP contribution in [0.15, 0.2) is 48.5 Å². The minimum atomic E-state index is -4.51. The normalized spacial score (nSPS) is 17.8. The summed E-state index contributed by atoms with van der Waals surface area (Å²) in [6, 6.07) is 10.6. The number of guanidine groups is 1. The van der Waals surface area contributed by atoms with Gasteiger partial charge in [0, 0.05) is 25.2 Å². The van der Waals surface area contributed by atoms with Crippen molar-refractivity contribution in [3.63, 3.8) is 0 Å². The molecule has 4 rings (SSSR count). The number of benzene rings is 2. The van der Waals surface area contributed by atoms with Gasteiger partial charge in [0.1, 0.15) is 11.9 Å². The lowest BCUT2D eigenvalue weighted by atomic mass is 9.82. The van der Waals surface area contributed by atoms with Crippen molar-refractivity contribution in [1.29, 1.82) is 10.8 Å². The molecular weight excluding hydrogens is 571 g/mol. The lowest BCUT2D eigenvalue weighted by Gasteiger charge is -2.34. The molecule has 12 heteroatoms. The smallest absolute Gasteiger partial charge is 0.384 e. The number of piperidine rings is 1. The highest BCUT2D eigenvalue weighted by Gasteiger charge is 2.35. The summed E-state index contributed by atoms with van der Waals surface area (Å²) in [6.07, 6.45) is 1.83. The Morgan fingerprint density at radius 1 is 0.886 bits per heavy atom. The van der Waals surface area contributed by atoms with Crippen molar-refractivity contribution in [2.75, 3.05) is 19.6 Å². The largest absolute Gasteiger partial charge is 0.416 e. The first-order chi connectivity index (χ1) is 20.9. The lowest BCUT2D eigenvalue weighted by Crippen LogP contribution is -2.53. The second-order valence-corrected chi connectivity index (χ2v) is 11.9. The van der Waals surface area contributed by atoms with Crippen molar-refractivity contribution in [1.82, 2.24) is 15.5 Å². The Labute approximate surface area is 256 Å². The average Bonchev–Trinajstić information content (AvgIpc) is 3.01. The molecule has 1 aliphatic heterocycles. The van der Waals surface area contributed by atoms with E-state index in [0.29, 0.717) is 30.8 Å². The molecule has 2 atom stereocenters. The molecular formula is C32H42F3N7O2. The number of amidine groups is 1. The molecule has 2 aromatic rings. The molecule has 1 saturated carbocycles. The van der Waals surface area contributed by atoms with Crippen molar-refractivity contribution >= 4 is 23.6 Å². The molecule has 238 valence electrons. The number of rotatable bonds is 10. The summed E-state index contributed by atoms with van der Waals surface area (Å²) in [4.78, 5) is 29.4. The van der Waals surface area contributed by atoms with E-state index in [4.69, 9.17) is 22.3 Å². The van der Waals surface area contributed by atoms with Crippen molar-refractivity contribution in [3.05, 3.63) is 70.8 Å². The van der Waals surface area contributed by atoms with Crippen LogP contribution in [-0.2, 0) is 22.2 Å². The molecule has 1 heterocycles. The maximum atomic E-state index is 14.0. The molecule has 2 aromatic carbocycles. The first-order valence-electron chi connectivity index (χ1n) is 15.2. The van der Waals surface area contributed by atoms with Crippen molar-refractivity contribution in [2.45, 2.75) is 69.5 Å². The molecule has 0 aromatic heterocycles. The third-order valence-corrected chi connectivity index (χ3v) is 8.88. The van der Waals surface area contributed by atoms with Gasteiger partial charge < -0.3 is 27.0 Å². The second-order valence-electron chi connectivity index (χ2n) is 11.9. The predicted octanol–water partition coefficient (Wildman–Crippen LogP) is 4.10. The van der Waals surface area contributed by atoms with Crippen LogP contribution in [0, 0.1) is 22.7 Å². The molecule has 8 N–H and O–H groups in total. The molecule has 9 nitrogen and oxygen atoms in total. The van der Waals surface area contributed by atoms with Crippen LogP contribution in [0.1, 0.15) is 73.1 Å². The number of amides is 2. The first-order valence-corrected chi connectivity index (χ1v) is 15.2. The number of carbonyl (C=O) groups excluding carboxylic acids is 2. The fourth-order valence-electron chi connectivity index (χ4n) is 6.17. The minimum Gasteiger partial charge on any atom is -0.384 e. The Bertz CT molecular complexity index is 1300. The van der Waals surface area contributed by atoms with Gasteiger partial charge in [-0.3, -0.25) is 20.4 Å². The third kappa shape index (κ3) is 8.73. The molecule has 2 fully saturated rings. The van der Waals surface area contributed by atoms with Crippen LogP contribution >= 0.6 is 0 Å². The van der Waals surface area contributed by atoms with E-state index in [2.05, 4.69) is 10.6 Å². The fourth-order valence-corrected chi connectivity index (χ4v) is 6.17. The number of carbonyl (C=O) groups is 2. The third-order valence-electron chi connectivity index (χ3n) is 8.88. The Balaban J connectivity index is 1.53. The zero-order valence-electron chi connectivity index (χ0n) is 24.8. The Morgan fingerprint density at radius 2 is 1.50 bits per heavy atom. The molecule has 0 spiro atoms. The molecule has 1 aliphatic carbocycles. The van der Waals surface area contributed by atoms with E-state index in [1.165, 1.54) is 12.1 Å². The van der Waals surface area contributed by atoms with E-state index >= 15 is 0 Å². The summed E-state index contributed by atoms with van der Waals surface area (Å²) in [7, 11) is 0. The fraction of sp³-hybridized carbons (Fsp3) is 0.500. The molecule has 0 bridgehead atoms. The van der Waals surface area contributed by atoms with Gasteiger partial charge in [-0.2, -0.15) is 13.2 Å². The van der Waals surface area contributed by atoms with Crippen LogP contribution in [0.5, 0.6) is 0 Å². The summed E-state index contributed by atoms with van der Waals surface area (Å²) in [6.45, 7) is 1.76. The SMILES string of the molecule is N=C(N)c1ccc(CC(C(=O)NC(C(=O)NCC2CCN(C(=N)N)CC2)C2CCCCC2)c2ccc(C(F)(F)F)cc2)cc1. The van der Waals surface area contributed by atoms with E-state index in [0.717, 1.165) is 62.6 Å². The minimum absolute atomic E-state index is 0.0460. The number of hydrogen-bond acceptors (Lipinski definition) is 4. The van der Waals surface area contributed by atoms with Crippen LogP contribution < -0.4 is 22.1 Å². The molecule has 1 saturated heterocycles. The molecule has 44 heavy (non-hydrogen) atoms. The molecule has 2 aliphatic rings. The second kappa shape index (κ2) is 14.6. The zero-order chi connectivity index (χ0) is 31.9. The van der Waals surface area contributed by atoms with E-state index in [1.54, 1.807) is 29.2 Å². The van der Waals surface area contributed by atoms with E-state index in [-0.39, 0.29) is 36.0 Å². The van der Waals surface area contributed by atoms with Crippen molar-refractivity contribution < 1.29 is 22.8 Å². The van der Waals surface area contributed by atoms with Crippen LogP contribution in [0.2, 0.25) is 0 Å². The Kier molecular flexibility index (Phi) is 10.9. The first kappa shape index (κ1) is 32.8. The van der Waals surface area contributed by atoms with Gasteiger partial charge in [0.05, 0.1) is 11.5 Å². The summed E-state index contributed by atoms with van der Waals surface area (Å²) < 4.78 is 39.9. The van der Waals surface area contributed by atoms with Crippen LogP contribution in [0.4, 0.5) is 13.2 Å². The highest BCUT2D eigenvalue weighted by molar-refractivity contribution is 5.95. The van der Waals surface area contributed by atoms with Gasteiger partial charge >= 0.3 is 6.18 Å². The summed E-state index contributed by atoms with van der Waals surface area (Å²) >= 11 is 0. The predicted molar refractivity (Wildman–Crippen MR) is 163 cm³/mol. The lowest BCUT2D eigenvalue weighted by molar-refractivity contribution is -0.137. The summed E-state index contributed by atoms with van der Waals surface area (Å²) in [5.74, 6) is -1.40. The van der Waals surface area contributed by atoms with Gasteiger partial charge in [-0.1, -0.05) is 55.7 Å². The number of nitrogens with zero attached hydrogens (tertiary/aromatic N) is 1. The van der Waals surface area contributed by atoms with Gasteiger partial charge in [0.25, 0.3) is 0 Å². The Hall–Kier alpha value is -4.09. The van der Waals surface area contributed by atoms with Gasteiger partial charge in [-0.15, -0.1) is 0 Å². The van der Waals surface area contributed by atoms with Crippen molar-refractivity contribution in [2.24, 2.45) is 23.3 Å². The standard InChI is InChI=1S/C32H42F3N7O2/c33-32(34,35)25-12-10-22(11-13-25)26(18-20-6-8-24(9-7-20)28(36)37)29(43)41-27(23-4-2-1-3-5-23)30(44)40-19-21-14-16-42(17-15-21)31(38)39/h6-13,21,23,26-27H,1-5,14-19H2,(H3,36,37)(H3,38,39)(H,40,44)(H,41,43). The summed E-state index contributed by atoms with van der Waals surface area (Å²) in [5, 5.41) is 21.3. The zero-order valence-corrected chi connectivity index (χ0v) is 24.8. The van der Waals surface area contributed by atoms with Gasteiger partial charge in [-0.25, -0.2) is 0 Å². The number of nitrogens with two attached hydrogens (primary N) is 2. The quantitative estimate of drug-likeness (QED) is 0.175. The Morgan fingerprint density at radius 3 is 2.05 bits per heavy atom. The van der Waals surface area contributed by atoms with Gasteiger partial charge in [0.15, 0.2) is 5.96 Å². The number of nitrogens with one attached hydrogen (secondary N) is 4. The number of nitrogen functional groups attached to an aromatic ring is 1. The van der Waals surface area contributed by atoms with E-state index < -0.39 is 29.6 Å². The van der Waals surface area contributed by atoms with Gasteiger partial charge in [0.2, 0.25) is 11.8 Å². The summed E-state index contributed by atoms with van der Waals surface area (Å²) in [5.41, 5.74) is 12.0. The van der Waals surface area contributed by atoms with Crippen LogP contribution in [0.3, 0.4) is 0 Å². The van der Waals surface area contributed by atoms with E-state index in [1.807, 2.05) is 0 Å².